The Kier molecular flexibility index (Phi) is 2.76. The molecule has 0 bridgehead atoms. The molecule has 3 rings (SSSR count). The fourth-order valence-corrected chi connectivity index (χ4v) is 2.05. The minimum Gasteiger partial charge on any atom is -0.496 e. The van der Waals surface area contributed by atoms with Crippen molar-refractivity contribution in [1.82, 2.24) is 9.97 Å². The number of nitrogens with zero attached hydrogens (tertiary/aromatic N) is 1. The van der Waals surface area contributed by atoms with Gasteiger partial charge in [-0.05, 0) is 24.3 Å². The predicted octanol–water partition coefficient (Wildman–Crippen LogP) is 2.60. The van der Waals surface area contributed by atoms with Gasteiger partial charge in [0.1, 0.15) is 11.4 Å². The molecular weight excluding hydrogens is 240 g/mol. The van der Waals surface area contributed by atoms with Gasteiger partial charge in [-0.15, -0.1) is 0 Å². The SMILES string of the molecule is COc1ccccc1-c1nc2ccccc2[nH]c1=O. The van der Waals surface area contributed by atoms with Crippen molar-refractivity contribution in [1.29, 1.82) is 0 Å². The third kappa shape index (κ3) is 1.97. The van der Waals surface area contributed by atoms with Crippen LogP contribution < -0.4 is 10.3 Å². The number of hydrogen-bond acceptors (Lipinski definition) is 3. The van der Waals surface area contributed by atoms with Crippen molar-refractivity contribution >= 4 is 11.0 Å². The summed E-state index contributed by atoms with van der Waals surface area (Å²) in [7, 11) is 1.58. The summed E-state index contributed by atoms with van der Waals surface area (Å²) in [5, 5.41) is 0. The topological polar surface area (TPSA) is 55.0 Å². The molecule has 0 atom stereocenters. The third-order valence-corrected chi connectivity index (χ3v) is 2.96. The molecule has 4 heteroatoms. The van der Waals surface area contributed by atoms with E-state index in [9.17, 15) is 4.79 Å². The lowest BCUT2D eigenvalue weighted by Gasteiger charge is -2.07. The van der Waals surface area contributed by atoms with Gasteiger partial charge < -0.3 is 9.72 Å². The summed E-state index contributed by atoms with van der Waals surface area (Å²) in [6.45, 7) is 0. The van der Waals surface area contributed by atoms with Crippen molar-refractivity contribution in [3.05, 3.63) is 58.9 Å². The molecule has 2 aromatic carbocycles. The number of methoxy groups -OCH3 is 1. The van der Waals surface area contributed by atoms with E-state index in [0.29, 0.717) is 17.0 Å². The molecule has 0 unspecified atom stereocenters. The van der Waals surface area contributed by atoms with Crippen LogP contribution in [0.4, 0.5) is 0 Å². The van der Waals surface area contributed by atoms with Crippen LogP contribution in [0.15, 0.2) is 53.3 Å². The van der Waals surface area contributed by atoms with Gasteiger partial charge in [-0.2, -0.15) is 0 Å². The molecule has 0 spiro atoms. The van der Waals surface area contributed by atoms with Crippen molar-refractivity contribution in [2.24, 2.45) is 0 Å². The van der Waals surface area contributed by atoms with Gasteiger partial charge in [0.15, 0.2) is 0 Å². The van der Waals surface area contributed by atoms with Crippen LogP contribution in [0.1, 0.15) is 0 Å². The number of H-pyrrole nitrogens is 1. The third-order valence-electron chi connectivity index (χ3n) is 2.96. The molecule has 0 radical (unpaired) electrons. The fraction of sp³-hybridized carbons (Fsp3) is 0.0667. The number of nitrogens with one attached hydrogen (secondary N) is 1. The van der Waals surface area contributed by atoms with E-state index in [4.69, 9.17) is 4.74 Å². The second-order valence-corrected chi connectivity index (χ2v) is 4.13. The highest BCUT2D eigenvalue weighted by Gasteiger charge is 2.11. The highest BCUT2D eigenvalue weighted by Crippen LogP contribution is 2.26. The Morgan fingerprint density at radius 3 is 2.63 bits per heavy atom. The maximum Gasteiger partial charge on any atom is 0.275 e. The molecule has 19 heavy (non-hydrogen) atoms. The van der Waals surface area contributed by atoms with Gasteiger partial charge in [-0.1, -0.05) is 24.3 Å². The number of benzene rings is 2. The Labute approximate surface area is 109 Å². The second kappa shape index (κ2) is 4.57. The zero-order chi connectivity index (χ0) is 13.2. The largest absolute Gasteiger partial charge is 0.496 e. The van der Waals surface area contributed by atoms with Crippen molar-refractivity contribution in [2.75, 3.05) is 7.11 Å². The zero-order valence-electron chi connectivity index (χ0n) is 10.4. The van der Waals surface area contributed by atoms with Crippen LogP contribution in [-0.2, 0) is 0 Å². The molecule has 1 heterocycles. The number of hydrogen-bond donors (Lipinski definition) is 1. The Bertz CT molecular complexity index is 793. The van der Waals surface area contributed by atoms with Crippen molar-refractivity contribution in [2.45, 2.75) is 0 Å². The first kappa shape index (κ1) is 11.5. The molecule has 0 amide bonds. The Hall–Kier alpha value is -2.62. The van der Waals surface area contributed by atoms with E-state index in [0.717, 1.165) is 11.0 Å². The van der Waals surface area contributed by atoms with E-state index in [1.54, 1.807) is 7.11 Å². The van der Waals surface area contributed by atoms with Crippen LogP contribution in [0.3, 0.4) is 0 Å². The number of rotatable bonds is 2. The number of aromatic amines is 1. The average molecular weight is 252 g/mol. The lowest BCUT2D eigenvalue weighted by Crippen LogP contribution is -2.11. The van der Waals surface area contributed by atoms with E-state index >= 15 is 0 Å². The lowest BCUT2D eigenvalue weighted by molar-refractivity contribution is 0.416. The number of ether oxygens (including phenoxy) is 1. The molecule has 1 aromatic heterocycles. The quantitative estimate of drug-likeness (QED) is 0.762. The van der Waals surface area contributed by atoms with Crippen LogP contribution in [0.2, 0.25) is 0 Å². The maximum atomic E-state index is 12.1. The standard InChI is InChI=1S/C15H12N2O2/c1-19-13-9-5-2-6-10(13)14-15(18)17-12-8-4-3-7-11(12)16-14/h2-9H,1H3,(H,17,18). The van der Waals surface area contributed by atoms with E-state index in [-0.39, 0.29) is 5.56 Å². The van der Waals surface area contributed by atoms with Crippen molar-refractivity contribution in [3.8, 4) is 17.0 Å². The Morgan fingerprint density at radius 1 is 1.05 bits per heavy atom. The summed E-state index contributed by atoms with van der Waals surface area (Å²) in [5.41, 5.74) is 2.32. The summed E-state index contributed by atoms with van der Waals surface area (Å²) >= 11 is 0. The van der Waals surface area contributed by atoms with E-state index in [2.05, 4.69) is 9.97 Å². The van der Waals surface area contributed by atoms with Crippen LogP contribution in [0, 0.1) is 0 Å². The highest BCUT2D eigenvalue weighted by atomic mass is 16.5. The van der Waals surface area contributed by atoms with Crippen LogP contribution in [-0.4, -0.2) is 17.1 Å². The molecule has 0 saturated carbocycles. The first-order valence-electron chi connectivity index (χ1n) is 5.92. The molecule has 4 nitrogen and oxygen atoms in total. The molecule has 1 N–H and O–H groups in total. The van der Waals surface area contributed by atoms with Crippen molar-refractivity contribution < 1.29 is 4.74 Å². The van der Waals surface area contributed by atoms with Crippen LogP contribution >= 0.6 is 0 Å². The van der Waals surface area contributed by atoms with Gasteiger partial charge in [0.05, 0.1) is 18.1 Å². The molecular formula is C15H12N2O2. The maximum absolute atomic E-state index is 12.1. The smallest absolute Gasteiger partial charge is 0.275 e. The molecule has 0 aliphatic heterocycles. The minimum absolute atomic E-state index is 0.219. The summed E-state index contributed by atoms with van der Waals surface area (Å²) < 4.78 is 5.27. The summed E-state index contributed by atoms with van der Waals surface area (Å²) in [5.74, 6) is 0.635. The van der Waals surface area contributed by atoms with Gasteiger partial charge in [0, 0.05) is 5.56 Å². The first-order valence-corrected chi connectivity index (χ1v) is 5.92. The number of aromatic nitrogens is 2. The van der Waals surface area contributed by atoms with Gasteiger partial charge >= 0.3 is 0 Å². The highest BCUT2D eigenvalue weighted by molar-refractivity contribution is 5.78. The second-order valence-electron chi connectivity index (χ2n) is 4.13. The molecule has 0 aliphatic carbocycles. The number of fused-ring (bicyclic) bond motifs is 1. The summed E-state index contributed by atoms with van der Waals surface area (Å²) in [6, 6.07) is 14.8. The summed E-state index contributed by atoms with van der Waals surface area (Å²) in [6.07, 6.45) is 0. The first-order chi connectivity index (χ1) is 9.29. The fourth-order valence-electron chi connectivity index (χ4n) is 2.05. The van der Waals surface area contributed by atoms with Crippen LogP contribution in [0.5, 0.6) is 5.75 Å². The molecule has 0 saturated heterocycles. The van der Waals surface area contributed by atoms with Gasteiger partial charge in [-0.25, -0.2) is 4.98 Å². The monoisotopic (exact) mass is 252 g/mol. The minimum atomic E-state index is -0.219. The average Bonchev–Trinajstić information content (AvgIpc) is 2.46. The van der Waals surface area contributed by atoms with Crippen LogP contribution in [0.25, 0.3) is 22.3 Å². The van der Waals surface area contributed by atoms with Crippen molar-refractivity contribution in [3.63, 3.8) is 0 Å². The molecule has 3 aromatic rings. The van der Waals surface area contributed by atoms with E-state index < -0.39 is 0 Å². The van der Waals surface area contributed by atoms with E-state index in [1.807, 2.05) is 48.5 Å². The molecule has 0 fully saturated rings. The Morgan fingerprint density at radius 2 is 1.79 bits per heavy atom. The Balaban J connectivity index is 2.30. The number of para-hydroxylation sites is 3. The predicted molar refractivity (Wildman–Crippen MR) is 74.4 cm³/mol. The normalized spacial score (nSPS) is 10.6. The summed E-state index contributed by atoms with van der Waals surface area (Å²) in [4.78, 5) is 19.4. The van der Waals surface area contributed by atoms with Gasteiger partial charge in [0.2, 0.25) is 0 Å². The zero-order valence-corrected chi connectivity index (χ0v) is 10.4. The molecule has 0 aliphatic rings. The van der Waals surface area contributed by atoms with Gasteiger partial charge in [-0.3, -0.25) is 4.79 Å². The van der Waals surface area contributed by atoms with Gasteiger partial charge in [0.25, 0.3) is 5.56 Å². The lowest BCUT2D eigenvalue weighted by atomic mass is 10.1. The van der Waals surface area contributed by atoms with E-state index in [1.165, 1.54) is 0 Å². The molecule has 94 valence electrons.